The molecule has 132 valence electrons. The van der Waals surface area contributed by atoms with E-state index in [1.54, 1.807) is 11.8 Å². The number of carbonyl (C=O) groups is 2. The molecule has 0 aliphatic carbocycles. The SMILES string of the molecule is CC(C)(C)C(=O)N1CCC(CSCC(=O)Nc2ccccc2)CC1. The molecule has 0 radical (unpaired) electrons. The van der Waals surface area contributed by atoms with Crippen LogP contribution in [-0.4, -0.2) is 41.3 Å². The summed E-state index contributed by atoms with van der Waals surface area (Å²) in [4.78, 5) is 26.2. The second-order valence-corrected chi connectivity index (χ2v) is 8.45. The highest BCUT2D eigenvalue weighted by atomic mass is 32.2. The second kappa shape index (κ2) is 8.56. The van der Waals surface area contributed by atoms with E-state index in [0.29, 0.717) is 11.7 Å². The van der Waals surface area contributed by atoms with E-state index in [-0.39, 0.29) is 17.2 Å². The highest BCUT2D eigenvalue weighted by Crippen LogP contribution is 2.25. The van der Waals surface area contributed by atoms with Gasteiger partial charge < -0.3 is 10.2 Å². The Morgan fingerprint density at radius 1 is 1.17 bits per heavy atom. The number of benzene rings is 1. The standard InChI is InChI=1S/C19H28N2O2S/c1-19(2,3)18(23)21-11-9-15(10-12-21)13-24-14-17(22)20-16-7-5-4-6-8-16/h4-8,15H,9-14H2,1-3H3,(H,20,22). The molecular formula is C19H28N2O2S. The Balaban J connectivity index is 1.64. The number of para-hydroxylation sites is 1. The van der Waals surface area contributed by atoms with E-state index in [0.717, 1.165) is 37.4 Å². The number of piperidine rings is 1. The number of hydrogen-bond donors (Lipinski definition) is 1. The van der Waals surface area contributed by atoms with Gasteiger partial charge in [0.2, 0.25) is 11.8 Å². The van der Waals surface area contributed by atoms with Gasteiger partial charge in [-0.2, -0.15) is 11.8 Å². The summed E-state index contributed by atoms with van der Waals surface area (Å²) in [6, 6.07) is 9.54. The summed E-state index contributed by atoms with van der Waals surface area (Å²) < 4.78 is 0. The Bertz CT molecular complexity index is 546. The molecule has 0 atom stereocenters. The largest absolute Gasteiger partial charge is 0.342 e. The molecule has 1 heterocycles. The van der Waals surface area contributed by atoms with E-state index in [4.69, 9.17) is 0 Å². The van der Waals surface area contributed by atoms with Crippen molar-refractivity contribution in [2.24, 2.45) is 11.3 Å². The fourth-order valence-electron chi connectivity index (χ4n) is 2.81. The molecule has 0 bridgehead atoms. The normalized spacial score (nSPS) is 16.0. The van der Waals surface area contributed by atoms with Gasteiger partial charge in [0, 0.05) is 24.2 Å². The number of rotatable bonds is 5. The van der Waals surface area contributed by atoms with Crippen LogP contribution in [0.4, 0.5) is 5.69 Å². The number of hydrogen-bond acceptors (Lipinski definition) is 3. The highest BCUT2D eigenvalue weighted by molar-refractivity contribution is 7.99. The van der Waals surface area contributed by atoms with Gasteiger partial charge in [-0.15, -0.1) is 0 Å². The van der Waals surface area contributed by atoms with Gasteiger partial charge in [-0.1, -0.05) is 39.0 Å². The minimum atomic E-state index is -0.295. The number of amides is 2. The fourth-order valence-corrected chi connectivity index (χ4v) is 3.86. The van der Waals surface area contributed by atoms with Crippen LogP contribution in [0.3, 0.4) is 0 Å². The van der Waals surface area contributed by atoms with Crippen molar-refractivity contribution in [1.82, 2.24) is 4.90 Å². The van der Waals surface area contributed by atoms with Crippen molar-refractivity contribution in [2.45, 2.75) is 33.6 Å². The Morgan fingerprint density at radius 3 is 2.38 bits per heavy atom. The predicted molar refractivity (Wildman–Crippen MR) is 101 cm³/mol. The van der Waals surface area contributed by atoms with E-state index < -0.39 is 0 Å². The molecule has 0 saturated carbocycles. The van der Waals surface area contributed by atoms with E-state index in [9.17, 15) is 9.59 Å². The maximum atomic E-state index is 12.3. The summed E-state index contributed by atoms with van der Waals surface area (Å²) in [5.41, 5.74) is 0.550. The first kappa shape index (κ1) is 18.8. The smallest absolute Gasteiger partial charge is 0.234 e. The number of nitrogens with one attached hydrogen (secondary N) is 1. The summed E-state index contributed by atoms with van der Waals surface area (Å²) in [5.74, 6) is 2.36. The lowest BCUT2D eigenvalue weighted by molar-refractivity contribution is -0.140. The molecule has 1 fully saturated rings. The molecule has 24 heavy (non-hydrogen) atoms. The minimum absolute atomic E-state index is 0.0477. The Kier molecular flexibility index (Phi) is 6.72. The lowest BCUT2D eigenvalue weighted by atomic mass is 9.92. The zero-order valence-electron chi connectivity index (χ0n) is 14.9. The first-order valence-corrected chi connectivity index (χ1v) is 9.74. The molecule has 1 aromatic rings. The van der Waals surface area contributed by atoms with Crippen LogP contribution in [-0.2, 0) is 9.59 Å². The van der Waals surface area contributed by atoms with Crippen LogP contribution in [0.1, 0.15) is 33.6 Å². The number of anilines is 1. The van der Waals surface area contributed by atoms with Gasteiger partial charge in [-0.3, -0.25) is 9.59 Å². The van der Waals surface area contributed by atoms with Crippen molar-refractivity contribution in [3.63, 3.8) is 0 Å². The molecule has 5 heteroatoms. The van der Waals surface area contributed by atoms with Gasteiger partial charge in [0.1, 0.15) is 0 Å². The maximum Gasteiger partial charge on any atom is 0.234 e. The van der Waals surface area contributed by atoms with Gasteiger partial charge >= 0.3 is 0 Å². The molecule has 0 aromatic heterocycles. The molecule has 4 nitrogen and oxygen atoms in total. The van der Waals surface area contributed by atoms with E-state index in [1.165, 1.54) is 0 Å². The quantitative estimate of drug-likeness (QED) is 0.884. The van der Waals surface area contributed by atoms with E-state index >= 15 is 0 Å². The monoisotopic (exact) mass is 348 g/mol. The van der Waals surface area contributed by atoms with Gasteiger partial charge in [-0.25, -0.2) is 0 Å². The fraction of sp³-hybridized carbons (Fsp3) is 0.579. The zero-order chi connectivity index (χ0) is 17.6. The van der Waals surface area contributed by atoms with Crippen LogP contribution in [0.25, 0.3) is 0 Å². The molecule has 1 saturated heterocycles. The first-order chi connectivity index (χ1) is 11.4. The molecule has 1 aromatic carbocycles. The Morgan fingerprint density at radius 2 is 1.79 bits per heavy atom. The van der Waals surface area contributed by atoms with Crippen LogP contribution in [0.5, 0.6) is 0 Å². The third kappa shape index (κ3) is 5.86. The molecule has 1 aliphatic heterocycles. The van der Waals surface area contributed by atoms with Gasteiger partial charge in [0.25, 0.3) is 0 Å². The van der Waals surface area contributed by atoms with E-state index in [2.05, 4.69) is 5.32 Å². The van der Waals surface area contributed by atoms with Crippen molar-refractivity contribution in [3.05, 3.63) is 30.3 Å². The average molecular weight is 349 g/mol. The van der Waals surface area contributed by atoms with Gasteiger partial charge in [0.15, 0.2) is 0 Å². The molecule has 2 amide bonds. The van der Waals surface area contributed by atoms with Gasteiger partial charge in [-0.05, 0) is 36.6 Å². The number of likely N-dealkylation sites (tertiary alicyclic amines) is 1. The van der Waals surface area contributed by atoms with Crippen molar-refractivity contribution in [2.75, 3.05) is 29.9 Å². The maximum absolute atomic E-state index is 12.3. The van der Waals surface area contributed by atoms with Crippen LogP contribution >= 0.6 is 11.8 Å². The van der Waals surface area contributed by atoms with Crippen LogP contribution in [0.2, 0.25) is 0 Å². The summed E-state index contributed by atoms with van der Waals surface area (Å²) in [5, 5.41) is 2.91. The van der Waals surface area contributed by atoms with E-state index in [1.807, 2.05) is 56.0 Å². The molecule has 2 rings (SSSR count). The van der Waals surface area contributed by atoms with Crippen molar-refractivity contribution in [1.29, 1.82) is 0 Å². The average Bonchev–Trinajstić information content (AvgIpc) is 2.55. The summed E-state index contributed by atoms with van der Waals surface area (Å²) in [6.45, 7) is 7.61. The summed E-state index contributed by atoms with van der Waals surface area (Å²) in [7, 11) is 0. The third-order valence-corrected chi connectivity index (χ3v) is 5.36. The number of nitrogens with zero attached hydrogens (tertiary/aromatic N) is 1. The molecule has 1 aliphatic rings. The zero-order valence-corrected chi connectivity index (χ0v) is 15.7. The summed E-state index contributed by atoms with van der Waals surface area (Å²) in [6.07, 6.45) is 2.07. The number of carbonyl (C=O) groups excluding carboxylic acids is 2. The minimum Gasteiger partial charge on any atom is -0.342 e. The third-order valence-electron chi connectivity index (χ3n) is 4.19. The highest BCUT2D eigenvalue weighted by Gasteiger charge is 2.30. The van der Waals surface area contributed by atoms with Gasteiger partial charge in [0.05, 0.1) is 5.75 Å². The molecular weight excluding hydrogens is 320 g/mol. The number of thioether (sulfide) groups is 1. The second-order valence-electron chi connectivity index (χ2n) is 7.41. The molecule has 0 unspecified atom stereocenters. The predicted octanol–water partition coefficient (Wildman–Crippen LogP) is 3.64. The van der Waals surface area contributed by atoms with Crippen LogP contribution in [0, 0.1) is 11.3 Å². The van der Waals surface area contributed by atoms with Crippen LogP contribution in [0.15, 0.2) is 30.3 Å². The molecule has 0 spiro atoms. The lowest BCUT2D eigenvalue weighted by Crippen LogP contribution is -2.44. The van der Waals surface area contributed by atoms with Crippen molar-refractivity contribution < 1.29 is 9.59 Å². The summed E-state index contributed by atoms with van der Waals surface area (Å²) >= 11 is 1.69. The first-order valence-electron chi connectivity index (χ1n) is 8.58. The van der Waals surface area contributed by atoms with Crippen molar-refractivity contribution in [3.8, 4) is 0 Å². The topological polar surface area (TPSA) is 49.4 Å². The Hall–Kier alpha value is -1.49. The van der Waals surface area contributed by atoms with Crippen molar-refractivity contribution >= 4 is 29.3 Å². The van der Waals surface area contributed by atoms with Crippen LogP contribution < -0.4 is 5.32 Å². The Labute approximate surface area is 149 Å². The lowest BCUT2D eigenvalue weighted by Gasteiger charge is -2.35. The molecule has 1 N–H and O–H groups in total.